The molecule has 1 rings (SSSR count). The average Bonchev–Trinajstić information content (AvgIpc) is 2.34. The van der Waals surface area contributed by atoms with Crippen LogP contribution in [-0.4, -0.2) is 32.7 Å². The molecule has 1 aromatic rings. The Morgan fingerprint density at radius 2 is 1.89 bits per heavy atom. The molecular formula is C13H18Cl2N2O2. The van der Waals surface area contributed by atoms with E-state index in [1.165, 1.54) is 0 Å². The Kier molecular flexibility index (Phi) is 7.82. The van der Waals surface area contributed by atoms with E-state index in [4.69, 9.17) is 27.9 Å². The Hall–Kier alpha value is -0.810. The Morgan fingerprint density at radius 1 is 1.21 bits per heavy atom. The number of rotatable bonds is 8. The maximum absolute atomic E-state index is 11.4. The smallest absolute Gasteiger partial charge is 0.221 e. The van der Waals surface area contributed by atoms with Crippen LogP contribution in [0.4, 0.5) is 0 Å². The number of benzene rings is 1. The molecule has 4 nitrogen and oxygen atoms in total. The van der Waals surface area contributed by atoms with Gasteiger partial charge in [0, 0.05) is 43.2 Å². The third-order valence-electron chi connectivity index (χ3n) is 2.41. The highest BCUT2D eigenvalue weighted by Crippen LogP contribution is 2.18. The first-order valence-corrected chi connectivity index (χ1v) is 6.78. The lowest BCUT2D eigenvalue weighted by Gasteiger charge is -2.07. The van der Waals surface area contributed by atoms with Crippen molar-refractivity contribution in [2.24, 2.45) is 0 Å². The van der Waals surface area contributed by atoms with Gasteiger partial charge in [-0.3, -0.25) is 4.79 Å². The highest BCUT2D eigenvalue weighted by atomic mass is 35.5. The van der Waals surface area contributed by atoms with Crippen molar-refractivity contribution in [1.29, 1.82) is 0 Å². The number of amides is 1. The predicted molar refractivity (Wildman–Crippen MR) is 77.7 cm³/mol. The van der Waals surface area contributed by atoms with Crippen molar-refractivity contribution in [1.82, 2.24) is 10.6 Å². The Labute approximate surface area is 123 Å². The van der Waals surface area contributed by atoms with Gasteiger partial charge in [-0.15, -0.1) is 0 Å². The van der Waals surface area contributed by atoms with Crippen molar-refractivity contribution in [3.05, 3.63) is 33.8 Å². The molecule has 1 amide bonds. The van der Waals surface area contributed by atoms with Gasteiger partial charge in [0.1, 0.15) is 0 Å². The summed E-state index contributed by atoms with van der Waals surface area (Å²) in [5, 5.41) is 7.15. The zero-order valence-electron chi connectivity index (χ0n) is 10.8. The molecule has 0 saturated heterocycles. The summed E-state index contributed by atoms with van der Waals surface area (Å²) in [5.41, 5.74) is 0.997. The number of ether oxygens (including phenoxy) is 1. The van der Waals surface area contributed by atoms with Gasteiger partial charge < -0.3 is 15.4 Å². The molecule has 0 aromatic heterocycles. The van der Waals surface area contributed by atoms with Gasteiger partial charge in [-0.25, -0.2) is 0 Å². The molecule has 0 saturated carbocycles. The van der Waals surface area contributed by atoms with Crippen molar-refractivity contribution >= 4 is 29.1 Å². The maximum atomic E-state index is 11.4. The lowest BCUT2D eigenvalue weighted by molar-refractivity contribution is -0.121. The Balaban J connectivity index is 2.18. The first-order chi connectivity index (χ1) is 9.11. The van der Waals surface area contributed by atoms with Gasteiger partial charge in [0.05, 0.1) is 6.61 Å². The van der Waals surface area contributed by atoms with E-state index in [0.29, 0.717) is 42.7 Å². The van der Waals surface area contributed by atoms with Crippen LogP contribution in [0.1, 0.15) is 12.0 Å². The van der Waals surface area contributed by atoms with Crippen LogP contribution in [0.15, 0.2) is 18.2 Å². The van der Waals surface area contributed by atoms with Gasteiger partial charge in [0.15, 0.2) is 0 Å². The molecule has 0 heterocycles. The first-order valence-electron chi connectivity index (χ1n) is 6.03. The average molecular weight is 305 g/mol. The number of halogens is 2. The van der Waals surface area contributed by atoms with Gasteiger partial charge in [-0.1, -0.05) is 23.2 Å². The molecule has 0 bridgehead atoms. The van der Waals surface area contributed by atoms with E-state index in [9.17, 15) is 4.79 Å². The van der Waals surface area contributed by atoms with Crippen LogP contribution in [0.25, 0.3) is 0 Å². The minimum Gasteiger partial charge on any atom is -0.383 e. The highest BCUT2D eigenvalue weighted by molar-refractivity contribution is 6.34. The minimum absolute atomic E-state index is 0.00803. The standard InChI is InChI=1S/C13H18Cl2N2O2/c1-19-5-4-17-13(18)2-3-16-9-10-6-11(14)8-12(15)7-10/h6-8,16H,2-5,9H2,1H3,(H,17,18). The summed E-state index contributed by atoms with van der Waals surface area (Å²) in [5.74, 6) is 0.00803. The van der Waals surface area contributed by atoms with Crippen LogP contribution in [0.5, 0.6) is 0 Å². The lowest BCUT2D eigenvalue weighted by atomic mass is 10.2. The summed E-state index contributed by atoms with van der Waals surface area (Å²) in [6.45, 7) is 2.30. The third kappa shape index (κ3) is 7.38. The number of hydrogen-bond acceptors (Lipinski definition) is 3. The molecule has 19 heavy (non-hydrogen) atoms. The summed E-state index contributed by atoms with van der Waals surface area (Å²) in [6, 6.07) is 5.38. The van der Waals surface area contributed by atoms with Crippen molar-refractivity contribution in [2.75, 3.05) is 26.8 Å². The summed E-state index contributed by atoms with van der Waals surface area (Å²) in [4.78, 5) is 11.4. The van der Waals surface area contributed by atoms with Crippen molar-refractivity contribution < 1.29 is 9.53 Å². The molecule has 106 valence electrons. The fourth-order valence-corrected chi connectivity index (χ4v) is 2.10. The molecule has 1 aromatic carbocycles. The van der Waals surface area contributed by atoms with Crippen LogP contribution in [0.2, 0.25) is 10.0 Å². The molecule has 6 heteroatoms. The largest absolute Gasteiger partial charge is 0.383 e. The normalized spacial score (nSPS) is 10.5. The molecule has 0 spiro atoms. The fourth-order valence-electron chi connectivity index (χ4n) is 1.53. The van der Waals surface area contributed by atoms with E-state index < -0.39 is 0 Å². The van der Waals surface area contributed by atoms with E-state index in [0.717, 1.165) is 5.56 Å². The summed E-state index contributed by atoms with van der Waals surface area (Å²) < 4.78 is 4.84. The molecule has 0 aliphatic rings. The second-order valence-corrected chi connectivity index (χ2v) is 4.92. The third-order valence-corrected chi connectivity index (χ3v) is 2.85. The molecule has 0 fully saturated rings. The van der Waals surface area contributed by atoms with E-state index in [1.54, 1.807) is 13.2 Å². The van der Waals surface area contributed by atoms with E-state index >= 15 is 0 Å². The predicted octanol–water partition coefficient (Wildman–Crippen LogP) is 2.24. The number of carbonyl (C=O) groups is 1. The Bertz CT molecular complexity index is 393. The zero-order chi connectivity index (χ0) is 14.1. The topological polar surface area (TPSA) is 50.4 Å². The molecular weight excluding hydrogens is 287 g/mol. The molecule has 2 N–H and O–H groups in total. The van der Waals surface area contributed by atoms with Gasteiger partial charge >= 0.3 is 0 Å². The second-order valence-electron chi connectivity index (χ2n) is 4.05. The van der Waals surface area contributed by atoms with E-state index in [-0.39, 0.29) is 5.91 Å². The van der Waals surface area contributed by atoms with Crippen LogP contribution in [-0.2, 0) is 16.1 Å². The summed E-state index contributed by atoms with van der Waals surface area (Å²) in [7, 11) is 1.60. The number of nitrogens with one attached hydrogen (secondary N) is 2. The number of methoxy groups -OCH3 is 1. The van der Waals surface area contributed by atoms with Crippen molar-refractivity contribution in [3.63, 3.8) is 0 Å². The monoisotopic (exact) mass is 304 g/mol. The molecule has 0 unspecified atom stereocenters. The van der Waals surface area contributed by atoms with E-state index in [1.807, 2.05) is 12.1 Å². The van der Waals surface area contributed by atoms with Gasteiger partial charge in [-0.2, -0.15) is 0 Å². The SMILES string of the molecule is COCCNC(=O)CCNCc1cc(Cl)cc(Cl)c1. The van der Waals surface area contributed by atoms with Crippen molar-refractivity contribution in [3.8, 4) is 0 Å². The molecule has 0 atom stereocenters. The van der Waals surface area contributed by atoms with Gasteiger partial charge in [0.25, 0.3) is 0 Å². The molecule has 0 aliphatic heterocycles. The molecule has 0 aliphatic carbocycles. The fraction of sp³-hybridized carbons (Fsp3) is 0.462. The lowest BCUT2D eigenvalue weighted by Crippen LogP contribution is -2.29. The number of carbonyl (C=O) groups excluding carboxylic acids is 1. The minimum atomic E-state index is 0.00803. The first kappa shape index (κ1) is 16.2. The van der Waals surface area contributed by atoms with Crippen LogP contribution < -0.4 is 10.6 Å². The Morgan fingerprint density at radius 3 is 2.53 bits per heavy atom. The van der Waals surface area contributed by atoms with Crippen molar-refractivity contribution in [2.45, 2.75) is 13.0 Å². The quantitative estimate of drug-likeness (QED) is 0.724. The second kappa shape index (κ2) is 9.15. The summed E-state index contributed by atoms with van der Waals surface area (Å²) in [6.07, 6.45) is 0.429. The van der Waals surface area contributed by atoms with E-state index in [2.05, 4.69) is 10.6 Å². The van der Waals surface area contributed by atoms with Gasteiger partial charge in [-0.05, 0) is 23.8 Å². The number of hydrogen-bond donors (Lipinski definition) is 2. The van der Waals surface area contributed by atoms with Gasteiger partial charge in [0.2, 0.25) is 5.91 Å². The highest BCUT2D eigenvalue weighted by Gasteiger charge is 2.01. The van der Waals surface area contributed by atoms with Crippen LogP contribution >= 0.6 is 23.2 Å². The van der Waals surface area contributed by atoms with Crippen LogP contribution in [0.3, 0.4) is 0 Å². The molecule has 0 radical (unpaired) electrons. The maximum Gasteiger partial charge on any atom is 0.221 e. The summed E-state index contributed by atoms with van der Waals surface area (Å²) >= 11 is 11.8. The zero-order valence-corrected chi connectivity index (χ0v) is 12.4. The van der Waals surface area contributed by atoms with Crippen LogP contribution in [0, 0.1) is 0 Å².